The third-order valence-electron chi connectivity index (χ3n) is 3.68. The minimum Gasteiger partial charge on any atom is -0.496 e. The lowest BCUT2D eigenvalue weighted by Crippen LogP contribution is -2.05. The van der Waals surface area contributed by atoms with Gasteiger partial charge in [0, 0.05) is 10.3 Å². The fraction of sp³-hybridized carbons (Fsp3) is 0.235. The lowest BCUT2D eigenvalue weighted by molar-refractivity contribution is 0.101. The van der Waals surface area contributed by atoms with Gasteiger partial charge in [0.1, 0.15) is 21.9 Å². The average molecular weight is 344 g/mol. The summed E-state index contributed by atoms with van der Waals surface area (Å²) in [4.78, 5) is 23.4. The predicted molar refractivity (Wildman–Crippen MR) is 94.9 cm³/mol. The van der Waals surface area contributed by atoms with Crippen molar-refractivity contribution in [2.24, 2.45) is 0 Å². The van der Waals surface area contributed by atoms with E-state index in [1.807, 2.05) is 12.1 Å². The van der Waals surface area contributed by atoms with Crippen LogP contribution in [0.5, 0.6) is 5.75 Å². The summed E-state index contributed by atoms with van der Waals surface area (Å²) in [5.41, 5.74) is 1.80. The molecule has 0 saturated heterocycles. The first-order valence-corrected chi connectivity index (χ1v) is 8.91. The molecule has 0 aliphatic carbocycles. The number of aryl methyl sites for hydroxylation is 2. The highest BCUT2D eigenvalue weighted by Gasteiger charge is 2.16. The summed E-state index contributed by atoms with van der Waals surface area (Å²) in [6, 6.07) is 7.29. The highest BCUT2D eigenvalue weighted by Crippen LogP contribution is 2.34. The molecule has 0 bridgehead atoms. The lowest BCUT2D eigenvalue weighted by atomic mass is 10.1. The molecule has 2 heterocycles. The number of rotatable bonds is 5. The van der Waals surface area contributed by atoms with Gasteiger partial charge in [0.2, 0.25) is 0 Å². The molecule has 0 atom stereocenters. The van der Waals surface area contributed by atoms with E-state index in [2.05, 4.69) is 23.8 Å². The minimum atomic E-state index is 0.0313. The molecule has 0 radical (unpaired) electrons. The first kappa shape index (κ1) is 16.0. The fourth-order valence-electron chi connectivity index (χ4n) is 2.35. The van der Waals surface area contributed by atoms with Gasteiger partial charge in [-0.1, -0.05) is 23.9 Å². The molecule has 0 aliphatic heterocycles. The average Bonchev–Trinajstić information content (AvgIpc) is 2.87. The second-order valence-electron chi connectivity index (χ2n) is 5.05. The van der Waals surface area contributed by atoms with E-state index in [-0.39, 0.29) is 5.78 Å². The second kappa shape index (κ2) is 6.68. The van der Waals surface area contributed by atoms with Crippen molar-refractivity contribution in [3.63, 3.8) is 0 Å². The van der Waals surface area contributed by atoms with Crippen molar-refractivity contribution < 1.29 is 9.53 Å². The number of aromatic nitrogens is 2. The Bertz CT molecular complexity index is 874. The van der Waals surface area contributed by atoms with Gasteiger partial charge in [-0.3, -0.25) is 4.79 Å². The lowest BCUT2D eigenvalue weighted by Gasteiger charge is -2.07. The summed E-state index contributed by atoms with van der Waals surface area (Å²) in [5.74, 6) is 0.957. The maximum Gasteiger partial charge on any atom is 0.176 e. The fourth-order valence-corrected chi connectivity index (χ4v) is 4.35. The van der Waals surface area contributed by atoms with Gasteiger partial charge in [0.15, 0.2) is 5.78 Å². The SMILES string of the molecule is COc1ccccc1C(=O)CSc1ncnc2sc(C)c(C)c12. The van der Waals surface area contributed by atoms with Gasteiger partial charge >= 0.3 is 0 Å². The highest BCUT2D eigenvalue weighted by molar-refractivity contribution is 8.00. The van der Waals surface area contributed by atoms with Crippen molar-refractivity contribution in [1.29, 1.82) is 0 Å². The van der Waals surface area contributed by atoms with Gasteiger partial charge in [-0.2, -0.15) is 0 Å². The molecule has 4 nitrogen and oxygen atoms in total. The summed E-state index contributed by atoms with van der Waals surface area (Å²) in [5, 5.41) is 1.92. The van der Waals surface area contributed by atoms with Gasteiger partial charge in [-0.05, 0) is 31.5 Å². The van der Waals surface area contributed by atoms with Crippen molar-refractivity contribution in [2.45, 2.75) is 18.9 Å². The number of ether oxygens (including phenoxy) is 1. The van der Waals surface area contributed by atoms with Crippen molar-refractivity contribution in [2.75, 3.05) is 12.9 Å². The Morgan fingerprint density at radius 2 is 2.04 bits per heavy atom. The van der Waals surface area contributed by atoms with Crippen LogP contribution < -0.4 is 4.74 Å². The molecule has 118 valence electrons. The number of carbonyl (C=O) groups excluding carboxylic acids is 1. The molecule has 3 rings (SSSR count). The Labute approximate surface area is 142 Å². The first-order valence-electron chi connectivity index (χ1n) is 7.11. The molecule has 0 fully saturated rings. The quantitative estimate of drug-likeness (QED) is 0.392. The highest BCUT2D eigenvalue weighted by atomic mass is 32.2. The van der Waals surface area contributed by atoms with Crippen LogP contribution in [-0.4, -0.2) is 28.6 Å². The Kier molecular flexibility index (Phi) is 4.63. The number of ketones is 1. The maximum atomic E-state index is 12.5. The zero-order valence-electron chi connectivity index (χ0n) is 13.1. The van der Waals surface area contributed by atoms with E-state index in [0.717, 1.165) is 15.2 Å². The largest absolute Gasteiger partial charge is 0.496 e. The molecule has 23 heavy (non-hydrogen) atoms. The molecule has 0 aliphatic rings. The van der Waals surface area contributed by atoms with Gasteiger partial charge in [0.25, 0.3) is 0 Å². The molecule has 1 aromatic carbocycles. The molecule has 0 saturated carbocycles. The molecule has 0 unspecified atom stereocenters. The van der Waals surface area contributed by atoms with E-state index >= 15 is 0 Å². The second-order valence-corrected chi connectivity index (χ2v) is 7.22. The van der Waals surface area contributed by atoms with E-state index in [1.54, 1.807) is 36.9 Å². The maximum absolute atomic E-state index is 12.5. The van der Waals surface area contributed by atoms with Crippen LogP contribution in [0, 0.1) is 13.8 Å². The van der Waals surface area contributed by atoms with Crippen molar-refractivity contribution >= 4 is 39.1 Å². The van der Waals surface area contributed by atoms with Crippen LogP contribution in [0.25, 0.3) is 10.2 Å². The van der Waals surface area contributed by atoms with E-state index in [4.69, 9.17) is 4.74 Å². The van der Waals surface area contributed by atoms with Crippen LogP contribution in [0.15, 0.2) is 35.6 Å². The molecular formula is C17H16N2O2S2. The number of hydrogen-bond acceptors (Lipinski definition) is 6. The summed E-state index contributed by atoms with van der Waals surface area (Å²) in [6.07, 6.45) is 1.56. The Morgan fingerprint density at radius 3 is 2.83 bits per heavy atom. The number of para-hydroxylation sites is 1. The monoisotopic (exact) mass is 344 g/mol. The normalized spacial score (nSPS) is 10.9. The zero-order valence-corrected chi connectivity index (χ0v) is 14.8. The third-order valence-corrected chi connectivity index (χ3v) is 5.78. The number of carbonyl (C=O) groups is 1. The Hall–Kier alpha value is -1.92. The van der Waals surface area contributed by atoms with Gasteiger partial charge in [-0.25, -0.2) is 9.97 Å². The molecule has 2 aromatic heterocycles. The van der Waals surface area contributed by atoms with E-state index in [0.29, 0.717) is 17.1 Å². The van der Waals surface area contributed by atoms with Crippen LogP contribution in [0.3, 0.4) is 0 Å². The number of benzene rings is 1. The van der Waals surface area contributed by atoms with Crippen molar-refractivity contribution in [3.8, 4) is 5.75 Å². The van der Waals surface area contributed by atoms with Crippen LogP contribution in [0.2, 0.25) is 0 Å². The van der Waals surface area contributed by atoms with Gasteiger partial charge in [-0.15, -0.1) is 11.3 Å². The molecule has 0 spiro atoms. The third kappa shape index (κ3) is 3.09. The zero-order chi connectivity index (χ0) is 16.4. The van der Waals surface area contributed by atoms with Crippen molar-refractivity contribution in [3.05, 3.63) is 46.6 Å². The first-order chi connectivity index (χ1) is 11.1. The van der Waals surface area contributed by atoms with E-state index in [9.17, 15) is 4.79 Å². The number of Topliss-reactive ketones (excluding diaryl/α,β-unsaturated/α-hetero) is 1. The van der Waals surface area contributed by atoms with E-state index in [1.165, 1.54) is 22.2 Å². The summed E-state index contributed by atoms with van der Waals surface area (Å²) in [7, 11) is 1.57. The summed E-state index contributed by atoms with van der Waals surface area (Å²) < 4.78 is 5.26. The van der Waals surface area contributed by atoms with Gasteiger partial charge < -0.3 is 4.74 Å². The van der Waals surface area contributed by atoms with Crippen LogP contribution in [-0.2, 0) is 0 Å². The molecule has 3 aromatic rings. The smallest absolute Gasteiger partial charge is 0.176 e. The predicted octanol–water partition coefficient (Wildman–Crippen LogP) is 4.29. The standard InChI is InChI=1S/C17H16N2O2S2/c1-10-11(2)23-17-15(10)16(18-9-19-17)22-8-13(20)12-6-4-5-7-14(12)21-3/h4-7,9H,8H2,1-3H3. The summed E-state index contributed by atoms with van der Waals surface area (Å²) in [6.45, 7) is 4.15. The minimum absolute atomic E-state index is 0.0313. The summed E-state index contributed by atoms with van der Waals surface area (Å²) >= 11 is 3.11. The van der Waals surface area contributed by atoms with Crippen LogP contribution >= 0.6 is 23.1 Å². The van der Waals surface area contributed by atoms with Crippen LogP contribution in [0.1, 0.15) is 20.8 Å². The number of methoxy groups -OCH3 is 1. The van der Waals surface area contributed by atoms with Crippen molar-refractivity contribution in [1.82, 2.24) is 9.97 Å². The molecule has 6 heteroatoms. The number of fused-ring (bicyclic) bond motifs is 1. The number of thioether (sulfide) groups is 1. The number of hydrogen-bond donors (Lipinski definition) is 0. The van der Waals surface area contributed by atoms with E-state index < -0.39 is 0 Å². The van der Waals surface area contributed by atoms with Gasteiger partial charge in [0.05, 0.1) is 18.4 Å². The molecular weight excluding hydrogens is 328 g/mol. The van der Waals surface area contributed by atoms with Crippen LogP contribution in [0.4, 0.5) is 0 Å². The Balaban J connectivity index is 1.85. The Morgan fingerprint density at radius 1 is 1.26 bits per heavy atom. The topological polar surface area (TPSA) is 52.1 Å². The number of thiophene rings is 1. The number of nitrogens with zero attached hydrogens (tertiary/aromatic N) is 2. The molecule has 0 amide bonds. The molecule has 0 N–H and O–H groups in total.